The fraction of sp³-hybridized carbons (Fsp3) is 0.344. The molecule has 6 aromatic rings. The quantitative estimate of drug-likeness (QED) is 0.0195. The Morgan fingerprint density at radius 3 is 0.791 bits per heavy atom. The summed E-state index contributed by atoms with van der Waals surface area (Å²) >= 11 is 0. The maximum Gasteiger partial charge on any atom is 0.246 e. The SMILES string of the molecule is Cl.NCCCC[C@@H](NC(=O)[C@H](N)Cc1ccc(O)cc1)C(=O)Nc1ccc(C(c2ccc(NC(=O)[C@@H](CCCCN)NC(=O)[C@H](N)Cc3ccc(O)cc3)cc2)c2ccc(NC(=O)[C@@H](CCCCN)NC(=O)[C@H](N)Cc3ccc(O)cc3)cc2)cc1. The van der Waals surface area contributed by atoms with Crippen molar-refractivity contribution in [3.63, 3.8) is 0 Å². The van der Waals surface area contributed by atoms with E-state index in [0.29, 0.717) is 94.5 Å². The molecule has 0 heterocycles. The van der Waals surface area contributed by atoms with Crippen LogP contribution >= 0.6 is 12.4 Å². The van der Waals surface area contributed by atoms with Gasteiger partial charge in [-0.05, 0) is 203 Å². The third-order valence-corrected chi connectivity index (χ3v) is 14.5. The number of rotatable bonds is 33. The minimum Gasteiger partial charge on any atom is -0.508 e. The number of phenolic OH excluding ortho intramolecular Hbond substituents is 3. The first-order valence-electron chi connectivity index (χ1n) is 28.8. The molecule has 0 aromatic heterocycles. The van der Waals surface area contributed by atoms with E-state index in [2.05, 4.69) is 31.9 Å². The first-order chi connectivity index (χ1) is 40.9. The molecule has 0 radical (unpaired) electrons. The van der Waals surface area contributed by atoms with Gasteiger partial charge in [-0.25, -0.2) is 0 Å². The van der Waals surface area contributed by atoms with E-state index in [9.17, 15) is 44.1 Å². The van der Waals surface area contributed by atoms with Gasteiger partial charge < -0.3 is 81.6 Å². The maximum atomic E-state index is 13.9. The van der Waals surface area contributed by atoms with E-state index >= 15 is 0 Å². The Morgan fingerprint density at radius 2 is 0.570 bits per heavy atom. The second-order valence-electron chi connectivity index (χ2n) is 21.2. The number of phenols is 3. The summed E-state index contributed by atoms with van der Waals surface area (Å²) in [7, 11) is 0. The summed E-state index contributed by atoms with van der Waals surface area (Å²) in [5, 5.41) is 46.4. The lowest BCUT2D eigenvalue weighted by atomic mass is 9.85. The molecule has 0 aliphatic rings. The smallest absolute Gasteiger partial charge is 0.246 e. The molecule has 6 amide bonds. The number of aromatic hydroxyl groups is 3. The molecule has 0 unspecified atom stereocenters. The van der Waals surface area contributed by atoms with Crippen molar-refractivity contribution in [1.82, 2.24) is 16.0 Å². The minimum atomic E-state index is -0.963. The number of anilines is 3. The largest absolute Gasteiger partial charge is 0.508 e. The topological polar surface area (TPSA) is 391 Å². The van der Waals surface area contributed by atoms with Crippen LogP contribution in [0.25, 0.3) is 0 Å². The molecule has 6 atom stereocenters. The molecule has 0 aliphatic carbocycles. The second-order valence-corrected chi connectivity index (χ2v) is 21.2. The number of halogens is 1. The van der Waals surface area contributed by atoms with Crippen LogP contribution in [0.2, 0.25) is 0 Å². The number of hydrogen-bond acceptors (Lipinski definition) is 15. The molecule has 0 fully saturated rings. The molecule has 0 spiro atoms. The first kappa shape index (κ1) is 68.4. The van der Waals surface area contributed by atoms with Crippen molar-refractivity contribution in [3.8, 4) is 17.2 Å². The monoisotopic (exact) mass is 1200 g/mol. The number of carbonyl (C=O) groups is 6. The maximum absolute atomic E-state index is 13.9. The fourth-order valence-electron chi connectivity index (χ4n) is 9.60. The summed E-state index contributed by atoms with van der Waals surface area (Å²) in [6.07, 6.45) is 5.12. The van der Waals surface area contributed by atoms with Gasteiger partial charge in [-0.3, -0.25) is 28.8 Å². The minimum absolute atomic E-state index is 0. The number of unbranched alkanes of at least 4 members (excludes halogenated alkanes) is 3. The van der Waals surface area contributed by atoms with Crippen LogP contribution < -0.4 is 66.3 Å². The van der Waals surface area contributed by atoms with Crippen LogP contribution in [0.5, 0.6) is 17.2 Å². The summed E-state index contributed by atoms with van der Waals surface area (Å²) in [6, 6.07) is 35.2. The highest BCUT2D eigenvalue weighted by Crippen LogP contribution is 2.34. The lowest BCUT2D eigenvalue weighted by Crippen LogP contribution is -2.50. The summed E-state index contributed by atoms with van der Waals surface area (Å²) < 4.78 is 0. The Balaban J connectivity index is 0.0000135. The fourth-order valence-corrected chi connectivity index (χ4v) is 9.60. The molecular weight excluding hydrogens is 1120 g/mol. The van der Waals surface area contributed by atoms with Crippen molar-refractivity contribution in [2.24, 2.45) is 34.4 Å². The number of amides is 6. The first-order valence-corrected chi connectivity index (χ1v) is 28.8. The molecule has 21 nitrogen and oxygen atoms in total. The van der Waals surface area contributed by atoms with Crippen LogP contribution in [0.15, 0.2) is 146 Å². The van der Waals surface area contributed by atoms with Crippen LogP contribution in [-0.4, -0.2) is 107 Å². The van der Waals surface area contributed by atoms with Gasteiger partial charge >= 0.3 is 0 Å². The van der Waals surface area contributed by atoms with Gasteiger partial charge in [-0.1, -0.05) is 72.8 Å². The normalized spacial score (nSPS) is 13.2. The van der Waals surface area contributed by atoms with Crippen molar-refractivity contribution < 1.29 is 44.1 Å². The molecule has 460 valence electrons. The van der Waals surface area contributed by atoms with E-state index in [1.165, 1.54) is 36.4 Å². The molecule has 0 saturated carbocycles. The highest BCUT2D eigenvalue weighted by molar-refractivity contribution is 5.99. The van der Waals surface area contributed by atoms with Gasteiger partial charge in [-0.15, -0.1) is 12.4 Å². The van der Waals surface area contributed by atoms with Gasteiger partial charge in [0.15, 0.2) is 0 Å². The van der Waals surface area contributed by atoms with Crippen molar-refractivity contribution >= 4 is 64.9 Å². The average Bonchev–Trinajstić information content (AvgIpc) is 2.02. The van der Waals surface area contributed by atoms with Crippen LogP contribution in [0.3, 0.4) is 0 Å². The predicted molar refractivity (Wildman–Crippen MR) is 337 cm³/mol. The Hall–Kier alpha value is -8.41. The van der Waals surface area contributed by atoms with Gasteiger partial charge in [-0.2, -0.15) is 0 Å². The highest BCUT2D eigenvalue weighted by atomic mass is 35.5. The van der Waals surface area contributed by atoms with Gasteiger partial charge in [0.1, 0.15) is 35.4 Å². The second kappa shape index (κ2) is 35.1. The zero-order valence-corrected chi connectivity index (χ0v) is 49.0. The molecule has 0 bridgehead atoms. The van der Waals surface area contributed by atoms with Gasteiger partial charge in [0.05, 0.1) is 18.1 Å². The van der Waals surface area contributed by atoms with Crippen LogP contribution in [0.4, 0.5) is 17.1 Å². The van der Waals surface area contributed by atoms with E-state index < -0.39 is 77.6 Å². The molecular formula is C64H83ClN12O9. The lowest BCUT2D eigenvalue weighted by molar-refractivity contribution is -0.127. The molecule has 0 aliphatic heterocycles. The summed E-state index contributed by atoms with van der Waals surface area (Å²) in [5.41, 5.74) is 42.2. The Kier molecular flexibility index (Phi) is 27.9. The lowest BCUT2D eigenvalue weighted by Gasteiger charge is -2.23. The van der Waals surface area contributed by atoms with Crippen molar-refractivity contribution in [3.05, 3.63) is 179 Å². The number of hydrogen-bond donors (Lipinski definition) is 15. The predicted octanol–water partition coefficient (Wildman–Crippen LogP) is 4.77. The van der Waals surface area contributed by atoms with Crippen molar-refractivity contribution in [2.45, 2.75) is 119 Å². The van der Waals surface area contributed by atoms with Crippen LogP contribution in [-0.2, 0) is 48.0 Å². The van der Waals surface area contributed by atoms with E-state index in [-0.39, 0.29) is 48.9 Å². The van der Waals surface area contributed by atoms with E-state index in [1.807, 2.05) is 36.4 Å². The van der Waals surface area contributed by atoms with Crippen molar-refractivity contribution in [2.75, 3.05) is 35.6 Å². The molecule has 6 rings (SSSR count). The van der Waals surface area contributed by atoms with Gasteiger partial charge in [0.2, 0.25) is 35.4 Å². The average molecular weight is 1200 g/mol. The number of nitrogens with two attached hydrogens (primary N) is 6. The molecule has 22 heteroatoms. The standard InChI is InChI=1S/C64H82N12O9.ClH/c65-34-4-1-7-55(74-59(80)52(68)37-40-10-28-49(77)29-11-40)62(83)71-46-22-16-43(17-23-46)58(44-18-24-47(25-19-44)72-63(84)56(8-2-5-35-66)75-60(81)53(69)38-41-12-30-50(78)31-13-41)45-20-26-48(27-21-45)73-64(85)57(9-3-6-36-67)76-61(82)54(70)39-42-14-32-51(79)33-15-42;/h10-33,52-58,77-79H,1-9,34-39,65-70H2,(H,71,83)(H,72,84)(H,73,85)(H,74,80)(H,75,81)(H,76,82);1H/t52-,53-,54-,55-,56-,57-;/m1./s1. The number of nitrogens with one attached hydrogen (secondary N) is 6. The van der Waals surface area contributed by atoms with Crippen LogP contribution in [0, 0.1) is 0 Å². The molecule has 6 aromatic carbocycles. The number of carbonyl (C=O) groups excluding carboxylic acids is 6. The van der Waals surface area contributed by atoms with Crippen LogP contribution in [0.1, 0.15) is 97.1 Å². The molecule has 21 N–H and O–H groups in total. The zero-order chi connectivity index (χ0) is 61.3. The van der Waals surface area contributed by atoms with E-state index in [0.717, 1.165) is 33.4 Å². The third-order valence-electron chi connectivity index (χ3n) is 14.5. The van der Waals surface area contributed by atoms with Gasteiger partial charge in [0.25, 0.3) is 0 Å². The third kappa shape index (κ3) is 21.9. The zero-order valence-electron chi connectivity index (χ0n) is 48.2. The highest BCUT2D eigenvalue weighted by Gasteiger charge is 2.28. The molecule has 86 heavy (non-hydrogen) atoms. The van der Waals surface area contributed by atoms with Crippen molar-refractivity contribution in [1.29, 1.82) is 0 Å². The van der Waals surface area contributed by atoms with E-state index in [4.69, 9.17) is 34.4 Å². The Bertz CT molecular complexity index is 2750. The Morgan fingerprint density at radius 1 is 0.337 bits per heavy atom. The summed E-state index contributed by atoms with van der Waals surface area (Å²) in [6.45, 7) is 1.23. The summed E-state index contributed by atoms with van der Waals surface area (Å²) in [5.74, 6) is -3.06. The molecule has 0 saturated heterocycles. The number of benzene rings is 6. The van der Waals surface area contributed by atoms with Gasteiger partial charge in [0, 0.05) is 23.0 Å². The summed E-state index contributed by atoms with van der Waals surface area (Å²) in [4.78, 5) is 81.8. The Labute approximate surface area is 508 Å². The van der Waals surface area contributed by atoms with E-state index in [1.54, 1.807) is 72.8 Å².